The van der Waals surface area contributed by atoms with E-state index in [2.05, 4.69) is 5.16 Å². The number of aryl methyl sites for hydroxylation is 1. The van der Waals surface area contributed by atoms with Crippen molar-refractivity contribution in [2.75, 3.05) is 0 Å². The fraction of sp³-hybridized carbons (Fsp3) is 0.571. The van der Waals surface area contributed by atoms with Gasteiger partial charge in [-0.15, -0.1) is 0 Å². The van der Waals surface area contributed by atoms with Crippen LogP contribution < -0.4 is 5.73 Å². The molecule has 1 rings (SSSR count). The lowest BCUT2D eigenvalue weighted by Crippen LogP contribution is -2.27. The minimum Gasteiger partial charge on any atom is -0.359 e. The SMILES string of the molecule is Cc1cc(C(C)(C)N)on1. The standard InChI is InChI=1S/C7H12N2O/c1-5-4-6(10-9-5)7(2,3)8/h4H,8H2,1-3H3. The minimum absolute atomic E-state index is 0.415. The molecule has 1 aromatic rings. The molecule has 2 N–H and O–H groups in total. The maximum Gasteiger partial charge on any atom is 0.156 e. The van der Waals surface area contributed by atoms with Crippen molar-refractivity contribution < 1.29 is 4.52 Å². The first kappa shape index (κ1) is 7.28. The van der Waals surface area contributed by atoms with Gasteiger partial charge in [-0.1, -0.05) is 5.16 Å². The van der Waals surface area contributed by atoms with E-state index < -0.39 is 5.54 Å². The van der Waals surface area contributed by atoms with Crippen LogP contribution in [0.25, 0.3) is 0 Å². The van der Waals surface area contributed by atoms with Crippen LogP contribution in [0.5, 0.6) is 0 Å². The molecule has 3 heteroatoms. The van der Waals surface area contributed by atoms with Crippen LogP contribution in [0.4, 0.5) is 0 Å². The van der Waals surface area contributed by atoms with E-state index >= 15 is 0 Å². The number of nitrogens with two attached hydrogens (primary N) is 1. The summed E-state index contributed by atoms with van der Waals surface area (Å²) in [6.07, 6.45) is 0. The predicted molar refractivity (Wildman–Crippen MR) is 38.5 cm³/mol. The Morgan fingerprint density at radius 3 is 2.40 bits per heavy atom. The van der Waals surface area contributed by atoms with Gasteiger partial charge in [-0.05, 0) is 20.8 Å². The molecule has 56 valence electrons. The number of aromatic nitrogens is 1. The van der Waals surface area contributed by atoms with Gasteiger partial charge in [-0.25, -0.2) is 0 Å². The van der Waals surface area contributed by atoms with Crippen LogP contribution in [0.1, 0.15) is 25.3 Å². The van der Waals surface area contributed by atoms with E-state index in [1.807, 2.05) is 26.8 Å². The summed E-state index contributed by atoms with van der Waals surface area (Å²) in [5.74, 6) is 0.727. The van der Waals surface area contributed by atoms with Crippen LogP contribution in [0, 0.1) is 6.92 Å². The third-order valence-corrected chi connectivity index (χ3v) is 1.26. The van der Waals surface area contributed by atoms with Crippen LogP contribution in [-0.2, 0) is 5.54 Å². The Balaban J connectivity index is 2.96. The van der Waals surface area contributed by atoms with Gasteiger partial charge in [0.1, 0.15) is 0 Å². The largest absolute Gasteiger partial charge is 0.359 e. The van der Waals surface area contributed by atoms with Gasteiger partial charge >= 0.3 is 0 Å². The molecular formula is C7H12N2O. The highest BCUT2D eigenvalue weighted by molar-refractivity contribution is 5.10. The molecule has 0 aliphatic carbocycles. The van der Waals surface area contributed by atoms with E-state index in [4.69, 9.17) is 10.3 Å². The summed E-state index contributed by atoms with van der Waals surface area (Å²) >= 11 is 0. The zero-order valence-electron chi connectivity index (χ0n) is 6.51. The van der Waals surface area contributed by atoms with E-state index in [0.717, 1.165) is 11.5 Å². The lowest BCUT2D eigenvalue weighted by Gasteiger charge is -2.12. The molecule has 0 spiro atoms. The summed E-state index contributed by atoms with van der Waals surface area (Å²) in [5.41, 5.74) is 6.19. The van der Waals surface area contributed by atoms with Gasteiger partial charge in [0.25, 0.3) is 0 Å². The monoisotopic (exact) mass is 140 g/mol. The Hall–Kier alpha value is -0.830. The average molecular weight is 140 g/mol. The molecule has 0 radical (unpaired) electrons. The summed E-state index contributed by atoms with van der Waals surface area (Å²) in [6.45, 7) is 5.64. The fourth-order valence-corrected chi connectivity index (χ4v) is 0.667. The van der Waals surface area contributed by atoms with Crippen molar-refractivity contribution in [1.29, 1.82) is 0 Å². The summed E-state index contributed by atoms with van der Waals surface area (Å²) in [7, 11) is 0. The van der Waals surface area contributed by atoms with Crippen molar-refractivity contribution in [3.05, 3.63) is 17.5 Å². The molecule has 1 aromatic heterocycles. The molecule has 0 atom stereocenters. The first-order valence-electron chi connectivity index (χ1n) is 3.23. The first-order valence-corrected chi connectivity index (χ1v) is 3.23. The lowest BCUT2D eigenvalue weighted by atomic mass is 10.0. The van der Waals surface area contributed by atoms with Gasteiger partial charge < -0.3 is 10.3 Å². The van der Waals surface area contributed by atoms with Crippen molar-refractivity contribution in [3.63, 3.8) is 0 Å². The molecule has 3 nitrogen and oxygen atoms in total. The van der Waals surface area contributed by atoms with Gasteiger partial charge in [0.2, 0.25) is 0 Å². The predicted octanol–water partition coefficient (Wildman–Crippen LogP) is 1.18. The second-order valence-corrected chi connectivity index (χ2v) is 3.05. The van der Waals surface area contributed by atoms with Crippen molar-refractivity contribution >= 4 is 0 Å². The van der Waals surface area contributed by atoms with Gasteiger partial charge in [-0.3, -0.25) is 0 Å². The maximum atomic E-state index is 5.74. The number of hydrogen-bond acceptors (Lipinski definition) is 3. The Morgan fingerprint density at radius 2 is 2.20 bits per heavy atom. The van der Waals surface area contributed by atoms with E-state index in [1.54, 1.807) is 0 Å². The summed E-state index contributed by atoms with van der Waals surface area (Å²) in [5, 5.41) is 3.73. The normalized spacial score (nSPS) is 12.0. The highest BCUT2D eigenvalue weighted by atomic mass is 16.5. The summed E-state index contributed by atoms with van der Waals surface area (Å²) in [6, 6.07) is 1.85. The van der Waals surface area contributed by atoms with Gasteiger partial charge in [0.15, 0.2) is 5.76 Å². The van der Waals surface area contributed by atoms with E-state index in [1.165, 1.54) is 0 Å². The van der Waals surface area contributed by atoms with Gasteiger partial charge in [-0.2, -0.15) is 0 Å². The third kappa shape index (κ3) is 1.36. The molecule has 0 bridgehead atoms. The summed E-state index contributed by atoms with van der Waals surface area (Å²) < 4.78 is 4.95. The zero-order chi connectivity index (χ0) is 7.78. The summed E-state index contributed by atoms with van der Waals surface area (Å²) in [4.78, 5) is 0. The molecule has 0 saturated heterocycles. The molecule has 0 aliphatic rings. The van der Waals surface area contributed by atoms with Crippen LogP contribution in [0.2, 0.25) is 0 Å². The van der Waals surface area contributed by atoms with E-state index in [9.17, 15) is 0 Å². The highest BCUT2D eigenvalue weighted by Crippen LogP contribution is 2.16. The molecular weight excluding hydrogens is 128 g/mol. The second kappa shape index (κ2) is 2.09. The number of hydrogen-bond donors (Lipinski definition) is 1. The molecule has 1 heterocycles. The van der Waals surface area contributed by atoms with Gasteiger partial charge in [0.05, 0.1) is 11.2 Å². The van der Waals surface area contributed by atoms with Crippen molar-refractivity contribution in [2.24, 2.45) is 5.73 Å². The van der Waals surface area contributed by atoms with Gasteiger partial charge in [0, 0.05) is 6.07 Å². The Bertz CT molecular complexity index is 222. The van der Waals surface area contributed by atoms with Crippen molar-refractivity contribution in [3.8, 4) is 0 Å². The minimum atomic E-state index is -0.415. The van der Waals surface area contributed by atoms with Crippen molar-refractivity contribution in [1.82, 2.24) is 5.16 Å². The van der Waals surface area contributed by atoms with Crippen molar-refractivity contribution in [2.45, 2.75) is 26.3 Å². The molecule has 0 aliphatic heterocycles. The van der Waals surface area contributed by atoms with Crippen LogP contribution in [0.3, 0.4) is 0 Å². The highest BCUT2D eigenvalue weighted by Gasteiger charge is 2.18. The molecule has 0 amide bonds. The topological polar surface area (TPSA) is 52.0 Å². The molecule has 0 fully saturated rings. The maximum absolute atomic E-state index is 5.74. The molecule has 0 aromatic carbocycles. The molecule has 0 unspecified atom stereocenters. The zero-order valence-corrected chi connectivity index (χ0v) is 6.51. The molecule has 10 heavy (non-hydrogen) atoms. The lowest BCUT2D eigenvalue weighted by molar-refractivity contribution is 0.319. The second-order valence-electron chi connectivity index (χ2n) is 3.05. The smallest absolute Gasteiger partial charge is 0.156 e. The molecule has 0 saturated carbocycles. The van der Waals surface area contributed by atoms with Crippen LogP contribution in [0.15, 0.2) is 10.6 Å². The third-order valence-electron chi connectivity index (χ3n) is 1.26. The first-order chi connectivity index (χ1) is 4.50. The van der Waals surface area contributed by atoms with Crippen LogP contribution >= 0.6 is 0 Å². The number of rotatable bonds is 1. The van der Waals surface area contributed by atoms with E-state index in [-0.39, 0.29) is 0 Å². The fourth-order valence-electron chi connectivity index (χ4n) is 0.667. The Labute approximate surface area is 60.2 Å². The average Bonchev–Trinajstić information content (AvgIpc) is 2.11. The number of nitrogens with zero attached hydrogens (tertiary/aromatic N) is 1. The Kier molecular flexibility index (Phi) is 1.52. The quantitative estimate of drug-likeness (QED) is 0.637. The van der Waals surface area contributed by atoms with E-state index in [0.29, 0.717) is 0 Å². The Morgan fingerprint density at radius 1 is 1.60 bits per heavy atom. The van der Waals surface area contributed by atoms with Crippen LogP contribution in [-0.4, -0.2) is 5.16 Å².